The SMILES string of the molecule is COC(=O)C(CC(C)C)NS(=O)(=O)N(C)C(C)C1CC1. The summed E-state index contributed by atoms with van der Waals surface area (Å²) in [6.07, 6.45) is 2.54. The Morgan fingerprint density at radius 2 is 1.90 bits per heavy atom. The second kappa shape index (κ2) is 6.87. The highest BCUT2D eigenvalue weighted by molar-refractivity contribution is 7.87. The van der Waals surface area contributed by atoms with Crippen LogP contribution < -0.4 is 4.72 Å². The van der Waals surface area contributed by atoms with Crippen LogP contribution in [0.15, 0.2) is 0 Å². The average Bonchev–Trinajstić information content (AvgIpc) is 3.18. The number of nitrogens with one attached hydrogen (secondary N) is 1. The van der Waals surface area contributed by atoms with Gasteiger partial charge < -0.3 is 4.74 Å². The molecule has 0 radical (unpaired) electrons. The summed E-state index contributed by atoms with van der Waals surface area (Å²) in [6, 6.07) is -0.885. The van der Waals surface area contributed by atoms with Crippen LogP contribution in [-0.4, -0.2) is 44.9 Å². The van der Waals surface area contributed by atoms with Crippen LogP contribution in [0.2, 0.25) is 0 Å². The fraction of sp³-hybridized carbons (Fsp3) is 0.923. The van der Waals surface area contributed by atoms with Crippen molar-refractivity contribution in [3.8, 4) is 0 Å². The van der Waals surface area contributed by atoms with Gasteiger partial charge in [0.05, 0.1) is 7.11 Å². The summed E-state index contributed by atoms with van der Waals surface area (Å²) in [5, 5.41) is 0. The lowest BCUT2D eigenvalue weighted by Gasteiger charge is -2.27. The zero-order chi connectivity index (χ0) is 15.5. The highest BCUT2D eigenvalue weighted by atomic mass is 32.2. The Labute approximate surface area is 122 Å². The Bertz CT molecular complexity index is 432. The van der Waals surface area contributed by atoms with E-state index in [-0.39, 0.29) is 12.0 Å². The van der Waals surface area contributed by atoms with Gasteiger partial charge in [0.25, 0.3) is 10.2 Å². The molecule has 20 heavy (non-hydrogen) atoms. The van der Waals surface area contributed by atoms with Gasteiger partial charge >= 0.3 is 5.97 Å². The Hall–Kier alpha value is -0.660. The molecule has 2 unspecified atom stereocenters. The molecule has 0 aliphatic heterocycles. The Balaban J connectivity index is 2.76. The van der Waals surface area contributed by atoms with E-state index in [2.05, 4.69) is 9.46 Å². The van der Waals surface area contributed by atoms with Gasteiger partial charge in [0, 0.05) is 13.1 Å². The number of hydrogen-bond donors (Lipinski definition) is 1. The first-order valence-electron chi connectivity index (χ1n) is 7.02. The lowest BCUT2D eigenvalue weighted by atomic mass is 10.1. The standard InChI is InChI=1S/C13H26N2O4S/c1-9(2)8-12(13(16)19-5)14-20(17,18)15(4)10(3)11-6-7-11/h9-12,14H,6-8H2,1-5H3. The van der Waals surface area contributed by atoms with E-state index < -0.39 is 22.2 Å². The predicted octanol–water partition coefficient (Wildman–Crippen LogP) is 1.14. The fourth-order valence-corrected chi connectivity index (χ4v) is 3.49. The molecular weight excluding hydrogens is 280 g/mol. The number of hydrogen-bond acceptors (Lipinski definition) is 4. The second-order valence-corrected chi connectivity index (χ2v) is 7.68. The maximum Gasteiger partial charge on any atom is 0.323 e. The molecule has 0 aromatic carbocycles. The van der Waals surface area contributed by atoms with Gasteiger partial charge in [-0.3, -0.25) is 4.79 Å². The fourth-order valence-electron chi connectivity index (χ4n) is 2.16. The van der Waals surface area contributed by atoms with Gasteiger partial charge in [0.1, 0.15) is 6.04 Å². The first-order valence-corrected chi connectivity index (χ1v) is 8.46. The van der Waals surface area contributed by atoms with Crippen molar-refractivity contribution < 1.29 is 17.9 Å². The molecule has 1 aliphatic carbocycles. The molecule has 6 nitrogen and oxygen atoms in total. The molecule has 1 N–H and O–H groups in total. The van der Waals surface area contributed by atoms with E-state index >= 15 is 0 Å². The van der Waals surface area contributed by atoms with E-state index in [9.17, 15) is 13.2 Å². The van der Waals surface area contributed by atoms with E-state index in [4.69, 9.17) is 0 Å². The van der Waals surface area contributed by atoms with Gasteiger partial charge in [-0.1, -0.05) is 13.8 Å². The van der Waals surface area contributed by atoms with Gasteiger partial charge in [-0.05, 0) is 38.0 Å². The number of carbonyl (C=O) groups excluding carboxylic acids is 1. The van der Waals surface area contributed by atoms with Crippen LogP contribution in [0.3, 0.4) is 0 Å². The normalized spacial score (nSPS) is 19.1. The van der Waals surface area contributed by atoms with Crippen molar-refractivity contribution in [2.45, 2.75) is 52.1 Å². The Morgan fingerprint density at radius 1 is 1.35 bits per heavy atom. The quantitative estimate of drug-likeness (QED) is 0.682. The molecule has 7 heteroatoms. The van der Waals surface area contributed by atoms with Crippen molar-refractivity contribution in [2.75, 3.05) is 14.2 Å². The zero-order valence-electron chi connectivity index (χ0n) is 12.9. The van der Waals surface area contributed by atoms with E-state index in [1.165, 1.54) is 11.4 Å². The van der Waals surface area contributed by atoms with Crippen molar-refractivity contribution >= 4 is 16.2 Å². The maximum absolute atomic E-state index is 12.3. The van der Waals surface area contributed by atoms with Crippen molar-refractivity contribution in [2.24, 2.45) is 11.8 Å². The van der Waals surface area contributed by atoms with Gasteiger partial charge in [0.2, 0.25) is 0 Å². The second-order valence-electron chi connectivity index (χ2n) is 5.92. The first kappa shape index (κ1) is 17.4. The largest absolute Gasteiger partial charge is 0.468 e. The molecule has 0 amide bonds. The van der Waals surface area contributed by atoms with Crippen LogP contribution in [0, 0.1) is 11.8 Å². The van der Waals surface area contributed by atoms with Gasteiger partial charge in [-0.25, -0.2) is 0 Å². The number of carbonyl (C=O) groups is 1. The molecule has 0 spiro atoms. The molecule has 0 bridgehead atoms. The van der Waals surface area contributed by atoms with Crippen molar-refractivity contribution in [3.63, 3.8) is 0 Å². The van der Waals surface area contributed by atoms with Gasteiger partial charge in [-0.2, -0.15) is 17.4 Å². The third kappa shape index (κ3) is 4.71. The summed E-state index contributed by atoms with van der Waals surface area (Å²) >= 11 is 0. The van der Waals surface area contributed by atoms with E-state index in [1.54, 1.807) is 7.05 Å². The number of nitrogens with zero attached hydrogens (tertiary/aromatic N) is 1. The number of methoxy groups -OCH3 is 1. The van der Waals surface area contributed by atoms with Crippen LogP contribution in [-0.2, 0) is 19.7 Å². The summed E-state index contributed by atoms with van der Waals surface area (Å²) in [5.41, 5.74) is 0. The van der Waals surface area contributed by atoms with Gasteiger partial charge in [0.15, 0.2) is 0 Å². The highest BCUT2D eigenvalue weighted by Crippen LogP contribution is 2.35. The zero-order valence-corrected chi connectivity index (χ0v) is 13.7. The molecule has 0 aromatic heterocycles. The molecule has 0 aromatic rings. The lowest BCUT2D eigenvalue weighted by Crippen LogP contribution is -2.50. The van der Waals surface area contributed by atoms with Crippen LogP contribution in [0.1, 0.15) is 40.0 Å². The minimum absolute atomic E-state index is 0.0511. The minimum atomic E-state index is -3.68. The summed E-state index contributed by atoms with van der Waals surface area (Å²) in [5.74, 6) is 0.0703. The molecule has 1 fully saturated rings. The predicted molar refractivity (Wildman–Crippen MR) is 77.3 cm³/mol. The molecule has 0 heterocycles. The third-order valence-corrected chi connectivity index (χ3v) is 5.41. The number of esters is 1. The minimum Gasteiger partial charge on any atom is -0.468 e. The topological polar surface area (TPSA) is 75.7 Å². The van der Waals surface area contributed by atoms with Crippen molar-refractivity contribution in [1.82, 2.24) is 9.03 Å². The number of ether oxygens (including phenoxy) is 1. The van der Waals surface area contributed by atoms with Crippen molar-refractivity contribution in [1.29, 1.82) is 0 Å². The molecule has 2 atom stereocenters. The summed E-state index contributed by atoms with van der Waals surface area (Å²) in [4.78, 5) is 11.7. The molecule has 118 valence electrons. The molecule has 1 rings (SSSR count). The van der Waals surface area contributed by atoms with E-state index in [0.717, 1.165) is 12.8 Å². The lowest BCUT2D eigenvalue weighted by molar-refractivity contribution is -0.143. The summed E-state index contributed by atoms with van der Waals surface area (Å²) in [7, 11) is -0.867. The monoisotopic (exact) mass is 306 g/mol. The maximum atomic E-state index is 12.3. The summed E-state index contributed by atoms with van der Waals surface area (Å²) < 4.78 is 33.1. The molecular formula is C13H26N2O4S. The highest BCUT2D eigenvalue weighted by Gasteiger charge is 2.37. The van der Waals surface area contributed by atoms with Gasteiger partial charge in [-0.15, -0.1) is 0 Å². The smallest absolute Gasteiger partial charge is 0.323 e. The molecule has 1 aliphatic rings. The van der Waals surface area contributed by atoms with E-state index in [1.807, 2.05) is 20.8 Å². The first-order chi connectivity index (χ1) is 9.19. The van der Waals surface area contributed by atoms with Crippen LogP contribution >= 0.6 is 0 Å². The molecule has 1 saturated carbocycles. The number of rotatable bonds is 8. The Kier molecular flexibility index (Phi) is 5.97. The summed E-state index contributed by atoms with van der Waals surface area (Å²) in [6.45, 7) is 5.76. The van der Waals surface area contributed by atoms with Crippen LogP contribution in [0.4, 0.5) is 0 Å². The van der Waals surface area contributed by atoms with E-state index in [0.29, 0.717) is 12.3 Å². The van der Waals surface area contributed by atoms with Crippen LogP contribution in [0.5, 0.6) is 0 Å². The average molecular weight is 306 g/mol. The molecule has 0 saturated heterocycles. The Morgan fingerprint density at radius 3 is 2.30 bits per heavy atom. The van der Waals surface area contributed by atoms with Crippen LogP contribution in [0.25, 0.3) is 0 Å². The van der Waals surface area contributed by atoms with Crippen molar-refractivity contribution in [3.05, 3.63) is 0 Å². The third-order valence-electron chi connectivity index (χ3n) is 3.74.